The predicted octanol–water partition coefficient (Wildman–Crippen LogP) is 5.20. The van der Waals surface area contributed by atoms with E-state index in [4.69, 9.17) is 0 Å². The minimum atomic E-state index is -0.261. The van der Waals surface area contributed by atoms with Crippen LogP contribution in [0.25, 0.3) is 10.9 Å². The van der Waals surface area contributed by atoms with Crippen molar-refractivity contribution in [3.63, 3.8) is 0 Å². The fraction of sp³-hybridized carbons (Fsp3) is 0.167. The van der Waals surface area contributed by atoms with E-state index in [1.807, 2.05) is 62.4 Å². The summed E-state index contributed by atoms with van der Waals surface area (Å²) in [6.45, 7) is 5.90. The number of anilines is 3. The van der Waals surface area contributed by atoms with Crippen molar-refractivity contribution >= 4 is 34.1 Å². The van der Waals surface area contributed by atoms with E-state index >= 15 is 0 Å². The Morgan fingerprint density at radius 1 is 1.00 bits per heavy atom. The Morgan fingerprint density at radius 3 is 2.63 bits per heavy atom. The number of amides is 1. The standard InChI is InChI=1S/C24H23N5O/c1-4-17-9-5-8-15(2)21(17)29-23(30)20-14-16(3)26-24(28-20)27-19-12-6-10-18-11-7-13-25-22(18)19/h5-14H,4H2,1-3H3,(H,29,30)(H,26,27,28). The smallest absolute Gasteiger partial charge is 0.274 e. The predicted molar refractivity (Wildman–Crippen MR) is 120 cm³/mol. The van der Waals surface area contributed by atoms with E-state index in [-0.39, 0.29) is 5.91 Å². The first kappa shape index (κ1) is 19.5. The van der Waals surface area contributed by atoms with E-state index in [9.17, 15) is 4.79 Å². The molecule has 0 aliphatic carbocycles. The number of hydrogen-bond acceptors (Lipinski definition) is 5. The van der Waals surface area contributed by atoms with Crippen molar-refractivity contribution in [2.75, 3.05) is 10.6 Å². The van der Waals surface area contributed by atoms with Gasteiger partial charge in [0, 0.05) is 23.0 Å². The van der Waals surface area contributed by atoms with Gasteiger partial charge in [-0.15, -0.1) is 0 Å². The van der Waals surface area contributed by atoms with E-state index in [1.165, 1.54) is 0 Å². The molecule has 2 aromatic carbocycles. The summed E-state index contributed by atoms with van der Waals surface area (Å²) in [5.41, 5.74) is 5.58. The van der Waals surface area contributed by atoms with Crippen LogP contribution in [0.3, 0.4) is 0 Å². The minimum absolute atomic E-state index is 0.261. The number of nitrogens with one attached hydrogen (secondary N) is 2. The SMILES string of the molecule is CCc1cccc(C)c1NC(=O)c1cc(C)nc(Nc2cccc3cccnc23)n1. The number of carbonyl (C=O) groups is 1. The molecule has 2 heterocycles. The molecule has 0 fully saturated rings. The lowest BCUT2D eigenvalue weighted by atomic mass is 10.1. The van der Waals surface area contributed by atoms with Gasteiger partial charge in [0.15, 0.2) is 0 Å². The number of benzene rings is 2. The Labute approximate surface area is 175 Å². The molecule has 4 aromatic rings. The summed E-state index contributed by atoms with van der Waals surface area (Å²) >= 11 is 0. The molecular formula is C24H23N5O. The molecule has 4 rings (SSSR count). The van der Waals surface area contributed by atoms with E-state index in [1.54, 1.807) is 12.3 Å². The van der Waals surface area contributed by atoms with Crippen LogP contribution in [0, 0.1) is 13.8 Å². The Balaban J connectivity index is 1.64. The molecule has 2 N–H and O–H groups in total. The molecular weight excluding hydrogens is 374 g/mol. The first-order chi connectivity index (χ1) is 14.5. The quantitative estimate of drug-likeness (QED) is 0.484. The number of aryl methyl sites for hydroxylation is 3. The number of nitrogens with zero attached hydrogens (tertiary/aromatic N) is 3. The van der Waals surface area contributed by atoms with Gasteiger partial charge < -0.3 is 10.6 Å². The molecule has 150 valence electrons. The van der Waals surface area contributed by atoms with Crippen LogP contribution in [0.4, 0.5) is 17.3 Å². The topological polar surface area (TPSA) is 79.8 Å². The van der Waals surface area contributed by atoms with Gasteiger partial charge in [0.25, 0.3) is 5.91 Å². The van der Waals surface area contributed by atoms with Crippen LogP contribution in [0.5, 0.6) is 0 Å². The van der Waals surface area contributed by atoms with Crippen molar-refractivity contribution in [3.8, 4) is 0 Å². The molecule has 2 aromatic heterocycles. The zero-order chi connectivity index (χ0) is 21.1. The first-order valence-electron chi connectivity index (χ1n) is 9.91. The van der Waals surface area contributed by atoms with Gasteiger partial charge in [-0.25, -0.2) is 9.97 Å². The van der Waals surface area contributed by atoms with Gasteiger partial charge in [-0.1, -0.05) is 43.3 Å². The number of para-hydroxylation sites is 2. The van der Waals surface area contributed by atoms with Gasteiger partial charge in [-0.3, -0.25) is 9.78 Å². The van der Waals surface area contributed by atoms with Crippen molar-refractivity contribution < 1.29 is 4.79 Å². The van der Waals surface area contributed by atoms with Crippen LogP contribution in [0.1, 0.15) is 34.2 Å². The molecule has 6 heteroatoms. The molecule has 0 aliphatic rings. The molecule has 30 heavy (non-hydrogen) atoms. The van der Waals surface area contributed by atoms with Crippen LogP contribution < -0.4 is 10.6 Å². The molecule has 0 atom stereocenters. The lowest BCUT2D eigenvalue weighted by molar-refractivity contribution is 0.102. The third-order valence-corrected chi connectivity index (χ3v) is 4.94. The summed E-state index contributed by atoms with van der Waals surface area (Å²) in [6, 6.07) is 17.4. The van der Waals surface area contributed by atoms with Crippen molar-refractivity contribution in [1.29, 1.82) is 0 Å². The molecule has 6 nitrogen and oxygen atoms in total. The fourth-order valence-electron chi connectivity index (χ4n) is 3.45. The van der Waals surface area contributed by atoms with Gasteiger partial charge in [-0.05, 0) is 49.6 Å². The molecule has 1 amide bonds. The van der Waals surface area contributed by atoms with E-state index in [2.05, 4.69) is 32.5 Å². The molecule has 0 unspecified atom stereocenters. The fourth-order valence-corrected chi connectivity index (χ4v) is 3.45. The second-order valence-electron chi connectivity index (χ2n) is 7.14. The normalized spacial score (nSPS) is 10.8. The maximum absolute atomic E-state index is 13.0. The number of carbonyl (C=O) groups excluding carboxylic acids is 1. The number of rotatable bonds is 5. The van der Waals surface area contributed by atoms with Gasteiger partial charge in [0.2, 0.25) is 5.95 Å². The summed E-state index contributed by atoms with van der Waals surface area (Å²) in [5, 5.41) is 7.25. The van der Waals surface area contributed by atoms with Crippen LogP contribution in [-0.2, 0) is 6.42 Å². The maximum Gasteiger partial charge on any atom is 0.274 e. The molecule has 0 aliphatic heterocycles. The van der Waals surface area contributed by atoms with Crippen molar-refractivity contribution in [2.45, 2.75) is 27.2 Å². The zero-order valence-electron chi connectivity index (χ0n) is 17.2. The summed E-state index contributed by atoms with van der Waals surface area (Å²) in [4.78, 5) is 26.3. The van der Waals surface area contributed by atoms with Crippen molar-refractivity contribution in [1.82, 2.24) is 15.0 Å². The first-order valence-corrected chi connectivity index (χ1v) is 9.91. The number of hydrogen-bond donors (Lipinski definition) is 2. The molecule has 0 spiro atoms. The van der Waals surface area contributed by atoms with Gasteiger partial charge in [0.05, 0.1) is 11.2 Å². The lowest BCUT2D eigenvalue weighted by Gasteiger charge is -2.14. The van der Waals surface area contributed by atoms with Gasteiger partial charge >= 0.3 is 0 Å². The number of pyridine rings is 1. The van der Waals surface area contributed by atoms with Crippen LogP contribution in [0.2, 0.25) is 0 Å². The van der Waals surface area contributed by atoms with E-state index in [0.717, 1.165) is 39.8 Å². The van der Waals surface area contributed by atoms with E-state index < -0.39 is 0 Å². The Hall–Kier alpha value is -3.80. The van der Waals surface area contributed by atoms with Crippen molar-refractivity contribution in [3.05, 3.63) is 83.3 Å². The minimum Gasteiger partial charge on any atom is -0.322 e. The third-order valence-electron chi connectivity index (χ3n) is 4.94. The van der Waals surface area contributed by atoms with Crippen LogP contribution in [0.15, 0.2) is 60.8 Å². The summed E-state index contributed by atoms with van der Waals surface area (Å²) in [5.74, 6) is 0.0994. The van der Waals surface area contributed by atoms with Crippen LogP contribution >= 0.6 is 0 Å². The highest BCUT2D eigenvalue weighted by molar-refractivity contribution is 6.04. The van der Waals surface area contributed by atoms with Gasteiger partial charge in [-0.2, -0.15) is 0 Å². The summed E-state index contributed by atoms with van der Waals surface area (Å²) < 4.78 is 0. The largest absolute Gasteiger partial charge is 0.322 e. The molecule has 0 saturated carbocycles. The van der Waals surface area contributed by atoms with Crippen molar-refractivity contribution in [2.24, 2.45) is 0 Å². The summed E-state index contributed by atoms with van der Waals surface area (Å²) in [7, 11) is 0. The zero-order valence-corrected chi connectivity index (χ0v) is 17.2. The second kappa shape index (κ2) is 8.29. The van der Waals surface area contributed by atoms with E-state index in [0.29, 0.717) is 17.3 Å². The highest BCUT2D eigenvalue weighted by Gasteiger charge is 2.14. The average Bonchev–Trinajstić information content (AvgIpc) is 2.75. The second-order valence-corrected chi connectivity index (χ2v) is 7.14. The van der Waals surface area contributed by atoms with Gasteiger partial charge in [0.1, 0.15) is 5.69 Å². The Kier molecular flexibility index (Phi) is 5.39. The molecule has 0 saturated heterocycles. The summed E-state index contributed by atoms with van der Waals surface area (Å²) in [6.07, 6.45) is 2.58. The average molecular weight is 397 g/mol. The monoisotopic (exact) mass is 397 g/mol. The molecule has 0 bridgehead atoms. The Bertz CT molecular complexity index is 1230. The number of aromatic nitrogens is 3. The highest BCUT2D eigenvalue weighted by atomic mass is 16.1. The molecule has 0 radical (unpaired) electrons. The maximum atomic E-state index is 13.0. The number of fused-ring (bicyclic) bond motifs is 1. The highest BCUT2D eigenvalue weighted by Crippen LogP contribution is 2.24. The van der Waals surface area contributed by atoms with Crippen LogP contribution in [-0.4, -0.2) is 20.9 Å². The Morgan fingerprint density at radius 2 is 1.80 bits per heavy atom. The third kappa shape index (κ3) is 3.98. The lowest BCUT2D eigenvalue weighted by Crippen LogP contribution is -2.17.